The molecule has 0 rings (SSSR count). The van der Waals surface area contributed by atoms with Crippen molar-refractivity contribution in [3.05, 3.63) is 0 Å². The van der Waals surface area contributed by atoms with E-state index in [1.54, 1.807) is 0 Å². The monoisotopic (exact) mass is 243 g/mol. The summed E-state index contributed by atoms with van der Waals surface area (Å²) < 4.78 is 0. The van der Waals surface area contributed by atoms with Crippen LogP contribution in [0.25, 0.3) is 0 Å². The van der Waals surface area contributed by atoms with Gasteiger partial charge in [-0.25, -0.2) is 0 Å². The number of amides is 1. The molecule has 0 unspecified atom stereocenters. The van der Waals surface area contributed by atoms with E-state index in [2.05, 4.69) is 16.0 Å². The van der Waals surface area contributed by atoms with Gasteiger partial charge in [-0.2, -0.15) is 0 Å². The molecule has 0 spiro atoms. The third-order valence-electron chi connectivity index (χ3n) is 2.78. The number of rotatable bonds is 12. The Morgan fingerprint density at radius 3 is 1.88 bits per heavy atom. The highest BCUT2D eigenvalue weighted by Crippen LogP contribution is 2.04. The Morgan fingerprint density at radius 2 is 1.29 bits per heavy atom. The normalized spacial score (nSPS) is 10.5. The van der Waals surface area contributed by atoms with Crippen LogP contribution in [0.4, 0.5) is 0 Å². The van der Waals surface area contributed by atoms with Gasteiger partial charge in [-0.1, -0.05) is 25.7 Å². The van der Waals surface area contributed by atoms with Crippen molar-refractivity contribution < 1.29 is 4.79 Å². The molecule has 0 aliphatic heterocycles. The third kappa shape index (κ3) is 13.3. The van der Waals surface area contributed by atoms with Crippen molar-refractivity contribution in [1.82, 2.24) is 16.0 Å². The molecule has 17 heavy (non-hydrogen) atoms. The highest BCUT2D eigenvalue weighted by molar-refractivity contribution is 5.75. The molecule has 4 heteroatoms. The number of hydrogen-bond acceptors (Lipinski definition) is 3. The molecule has 4 nitrogen and oxygen atoms in total. The molecular formula is C13H29N3O. The molecule has 0 saturated heterocycles. The van der Waals surface area contributed by atoms with E-state index in [1.165, 1.54) is 32.1 Å². The number of unbranched alkanes of at least 4 members (excludes halogenated alkanes) is 5. The average molecular weight is 243 g/mol. The summed E-state index contributed by atoms with van der Waals surface area (Å²) in [5.41, 5.74) is 0. The SMILES string of the molecule is CNCCCCCCCCNC(=O)CCNC. The molecule has 0 bridgehead atoms. The van der Waals surface area contributed by atoms with E-state index in [0.29, 0.717) is 6.42 Å². The molecule has 0 radical (unpaired) electrons. The maximum Gasteiger partial charge on any atom is 0.221 e. The summed E-state index contributed by atoms with van der Waals surface area (Å²) in [6, 6.07) is 0. The molecule has 0 aromatic heterocycles. The van der Waals surface area contributed by atoms with Crippen LogP contribution in [0.2, 0.25) is 0 Å². The summed E-state index contributed by atoms with van der Waals surface area (Å²) in [4.78, 5) is 11.3. The second-order valence-corrected chi connectivity index (χ2v) is 4.43. The van der Waals surface area contributed by atoms with Gasteiger partial charge in [-0.3, -0.25) is 4.79 Å². The van der Waals surface area contributed by atoms with Crippen molar-refractivity contribution in [1.29, 1.82) is 0 Å². The highest BCUT2D eigenvalue weighted by Gasteiger charge is 1.98. The van der Waals surface area contributed by atoms with Gasteiger partial charge in [0.05, 0.1) is 0 Å². The van der Waals surface area contributed by atoms with Crippen LogP contribution in [-0.2, 0) is 4.79 Å². The Hall–Kier alpha value is -0.610. The van der Waals surface area contributed by atoms with Gasteiger partial charge in [-0.15, -0.1) is 0 Å². The van der Waals surface area contributed by atoms with Crippen molar-refractivity contribution in [3.63, 3.8) is 0 Å². The predicted octanol–water partition coefficient (Wildman–Crippen LogP) is 1.27. The van der Waals surface area contributed by atoms with Crippen LogP contribution in [0.15, 0.2) is 0 Å². The Morgan fingerprint density at radius 1 is 0.765 bits per heavy atom. The fourth-order valence-electron chi connectivity index (χ4n) is 1.69. The first kappa shape index (κ1) is 16.4. The zero-order valence-electron chi connectivity index (χ0n) is 11.5. The summed E-state index contributed by atoms with van der Waals surface area (Å²) in [7, 11) is 3.86. The fraction of sp³-hybridized carbons (Fsp3) is 0.923. The lowest BCUT2D eigenvalue weighted by Crippen LogP contribution is -2.27. The zero-order chi connectivity index (χ0) is 12.8. The van der Waals surface area contributed by atoms with Gasteiger partial charge in [0, 0.05) is 19.5 Å². The first-order valence-electron chi connectivity index (χ1n) is 6.87. The lowest BCUT2D eigenvalue weighted by atomic mass is 10.1. The lowest BCUT2D eigenvalue weighted by molar-refractivity contribution is -0.120. The van der Waals surface area contributed by atoms with Crippen molar-refractivity contribution >= 4 is 5.91 Å². The average Bonchev–Trinajstić information content (AvgIpc) is 2.34. The first-order valence-corrected chi connectivity index (χ1v) is 6.87. The van der Waals surface area contributed by atoms with Crippen LogP contribution < -0.4 is 16.0 Å². The molecule has 0 aliphatic carbocycles. The molecule has 1 amide bonds. The van der Waals surface area contributed by atoms with Gasteiger partial charge in [0.25, 0.3) is 0 Å². The maximum absolute atomic E-state index is 11.3. The Bertz CT molecular complexity index is 174. The van der Waals surface area contributed by atoms with E-state index < -0.39 is 0 Å². The fourth-order valence-corrected chi connectivity index (χ4v) is 1.69. The summed E-state index contributed by atoms with van der Waals surface area (Å²) in [5, 5.41) is 9.06. The van der Waals surface area contributed by atoms with Crippen LogP contribution in [0.5, 0.6) is 0 Å². The van der Waals surface area contributed by atoms with Crippen molar-refractivity contribution in [2.24, 2.45) is 0 Å². The van der Waals surface area contributed by atoms with Gasteiger partial charge < -0.3 is 16.0 Å². The van der Waals surface area contributed by atoms with Gasteiger partial charge in [0.15, 0.2) is 0 Å². The van der Waals surface area contributed by atoms with Gasteiger partial charge >= 0.3 is 0 Å². The van der Waals surface area contributed by atoms with Crippen LogP contribution in [-0.4, -0.2) is 39.6 Å². The Labute approximate surface area is 106 Å². The number of carbonyl (C=O) groups excluding carboxylic acids is 1. The Balaban J connectivity index is 3.05. The highest BCUT2D eigenvalue weighted by atomic mass is 16.1. The van der Waals surface area contributed by atoms with Crippen molar-refractivity contribution in [2.45, 2.75) is 44.9 Å². The van der Waals surface area contributed by atoms with E-state index in [0.717, 1.165) is 26.1 Å². The smallest absolute Gasteiger partial charge is 0.221 e. The second-order valence-electron chi connectivity index (χ2n) is 4.43. The molecule has 3 N–H and O–H groups in total. The number of carbonyl (C=O) groups is 1. The topological polar surface area (TPSA) is 53.2 Å². The van der Waals surface area contributed by atoms with Crippen LogP contribution in [0, 0.1) is 0 Å². The van der Waals surface area contributed by atoms with Gasteiger partial charge in [0.2, 0.25) is 5.91 Å². The Kier molecular flexibility index (Phi) is 13.0. The molecule has 0 aromatic rings. The summed E-state index contributed by atoms with van der Waals surface area (Å²) in [6.07, 6.45) is 8.11. The number of nitrogens with one attached hydrogen (secondary N) is 3. The zero-order valence-corrected chi connectivity index (χ0v) is 11.5. The van der Waals surface area contributed by atoms with Crippen molar-refractivity contribution in [2.75, 3.05) is 33.7 Å². The van der Waals surface area contributed by atoms with E-state index in [9.17, 15) is 4.79 Å². The molecule has 0 heterocycles. The molecule has 102 valence electrons. The van der Waals surface area contributed by atoms with Crippen LogP contribution >= 0.6 is 0 Å². The standard InChI is InChI=1S/C13H29N3O/c1-14-10-7-5-3-4-6-8-11-16-13(17)9-12-15-2/h14-15H,3-12H2,1-2H3,(H,16,17). The van der Waals surface area contributed by atoms with Gasteiger partial charge in [0.1, 0.15) is 0 Å². The van der Waals surface area contributed by atoms with E-state index in [4.69, 9.17) is 0 Å². The summed E-state index contributed by atoms with van der Waals surface area (Å²) in [6.45, 7) is 2.72. The molecule has 0 atom stereocenters. The van der Waals surface area contributed by atoms with Crippen molar-refractivity contribution in [3.8, 4) is 0 Å². The minimum atomic E-state index is 0.161. The third-order valence-corrected chi connectivity index (χ3v) is 2.78. The van der Waals surface area contributed by atoms with E-state index in [-0.39, 0.29) is 5.91 Å². The maximum atomic E-state index is 11.3. The van der Waals surface area contributed by atoms with Gasteiger partial charge in [-0.05, 0) is 33.5 Å². The lowest BCUT2D eigenvalue weighted by Gasteiger charge is -2.05. The summed E-state index contributed by atoms with van der Waals surface area (Å²) >= 11 is 0. The largest absolute Gasteiger partial charge is 0.356 e. The predicted molar refractivity (Wildman–Crippen MR) is 73.2 cm³/mol. The first-order chi connectivity index (χ1) is 8.31. The molecule has 0 saturated carbocycles. The van der Waals surface area contributed by atoms with Crippen LogP contribution in [0.3, 0.4) is 0 Å². The minimum absolute atomic E-state index is 0.161. The van der Waals surface area contributed by atoms with E-state index >= 15 is 0 Å². The minimum Gasteiger partial charge on any atom is -0.356 e. The molecule has 0 aliphatic rings. The van der Waals surface area contributed by atoms with E-state index in [1.807, 2.05) is 14.1 Å². The number of hydrogen-bond donors (Lipinski definition) is 3. The molecule has 0 fully saturated rings. The second kappa shape index (κ2) is 13.5. The quantitative estimate of drug-likeness (QED) is 0.453. The summed E-state index contributed by atoms with van der Waals surface area (Å²) in [5.74, 6) is 0.161. The molecular weight excluding hydrogens is 214 g/mol. The molecule has 0 aromatic carbocycles. The van der Waals surface area contributed by atoms with Crippen LogP contribution in [0.1, 0.15) is 44.9 Å².